The Labute approximate surface area is 82.2 Å². The lowest BCUT2D eigenvalue weighted by atomic mass is 10.3. The highest BCUT2D eigenvalue weighted by atomic mass is 35.7. The van der Waals surface area contributed by atoms with Gasteiger partial charge in [0.2, 0.25) is 0 Å². The fourth-order valence-electron chi connectivity index (χ4n) is 0.600. The van der Waals surface area contributed by atoms with Gasteiger partial charge in [-0.05, 0) is 13.8 Å². The first-order chi connectivity index (χ1) is 5.80. The zero-order chi connectivity index (χ0) is 10.6. The molecule has 0 N–H and O–H groups in total. The van der Waals surface area contributed by atoms with Crippen LogP contribution in [-0.2, 0) is 18.8 Å². The molecular weight excluding hydrogens is 218 g/mol. The largest absolute Gasteiger partial charge is 0.465 e. The van der Waals surface area contributed by atoms with Crippen molar-refractivity contribution in [2.45, 2.75) is 19.9 Å². The molecule has 0 aromatic carbocycles. The number of likely N-dealkylation sites (N-methyl/N-ethyl adjacent to an activating group) is 1. The summed E-state index contributed by atoms with van der Waals surface area (Å²) in [5.41, 5.74) is 0. The molecule has 0 aliphatic rings. The van der Waals surface area contributed by atoms with Gasteiger partial charge < -0.3 is 4.74 Å². The van der Waals surface area contributed by atoms with E-state index in [1.54, 1.807) is 6.92 Å². The molecule has 0 saturated carbocycles. The third kappa shape index (κ3) is 3.93. The van der Waals surface area contributed by atoms with Crippen LogP contribution in [0.5, 0.6) is 0 Å². The molecule has 0 aromatic heterocycles. The number of nitrogens with zero attached hydrogens (tertiary/aromatic N) is 1. The Kier molecular flexibility index (Phi) is 4.66. The topological polar surface area (TPSA) is 63.7 Å². The van der Waals surface area contributed by atoms with Gasteiger partial charge in [-0.2, -0.15) is 12.7 Å². The van der Waals surface area contributed by atoms with Gasteiger partial charge in [0.1, 0.15) is 6.04 Å². The van der Waals surface area contributed by atoms with Gasteiger partial charge in [0.05, 0.1) is 6.61 Å². The van der Waals surface area contributed by atoms with E-state index in [0.29, 0.717) is 0 Å². The average Bonchev–Trinajstić information content (AvgIpc) is 2.00. The molecule has 0 spiro atoms. The second kappa shape index (κ2) is 4.78. The van der Waals surface area contributed by atoms with Crippen LogP contribution in [0.3, 0.4) is 0 Å². The van der Waals surface area contributed by atoms with E-state index in [0.717, 1.165) is 4.31 Å². The lowest BCUT2D eigenvalue weighted by Gasteiger charge is -2.18. The molecule has 0 fully saturated rings. The van der Waals surface area contributed by atoms with Crippen LogP contribution < -0.4 is 0 Å². The Balaban J connectivity index is 4.43. The third-order valence-electron chi connectivity index (χ3n) is 1.52. The van der Waals surface area contributed by atoms with E-state index in [9.17, 15) is 13.2 Å². The average molecular weight is 230 g/mol. The van der Waals surface area contributed by atoms with Crippen molar-refractivity contribution in [3.8, 4) is 0 Å². The van der Waals surface area contributed by atoms with Crippen molar-refractivity contribution in [2.75, 3.05) is 13.7 Å². The minimum absolute atomic E-state index is 0.208. The van der Waals surface area contributed by atoms with Gasteiger partial charge in [0, 0.05) is 17.7 Å². The Morgan fingerprint density at radius 1 is 1.62 bits per heavy atom. The molecule has 1 atom stereocenters. The highest BCUT2D eigenvalue weighted by Gasteiger charge is 2.27. The number of carbonyl (C=O) groups excluding carboxylic acids is 1. The number of hydrogen-bond acceptors (Lipinski definition) is 4. The second-order valence-corrected chi connectivity index (χ2v) is 4.96. The van der Waals surface area contributed by atoms with E-state index in [-0.39, 0.29) is 6.61 Å². The van der Waals surface area contributed by atoms with Crippen LogP contribution in [-0.4, -0.2) is 38.4 Å². The molecule has 0 aromatic rings. The zero-order valence-corrected chi connectivity index (χ0v) is 9.22. The summed E-state index contributed by atoms with van der Waals surface area (Å²) < 4.78 is 26.9. The summed E-state index contributed by atoms with van der Waals surface area (Å²) in [6, 6.07) is -0.901. The van der Waals surface area contributed by atoms with E-state index in [1.165, 1.54) is 14.0 Å². The summed E-state index contributed by atoms with van der Waals surface area (Å²) in [5.74, 6) is -0.616. The molecule has 0 unspecified atom stereocenters. The Morgan fingerprint density at radius 2 is 2.08 bits per heavy atom. The van der Waals surface area contributed by atoms with Crippen molar-refractivity contribution in [1.82, 2.24) is 4.31 Å². The molecule has 0 radical (unpaired) electrons. The zero-order valence-electron chi connectivity index (χ0n) is 7.65. The summed E-state index contributed by atoms with van der Waals surface area (Å²) in [7, 11) is 2.36. The maximum absolute atomic E-state index is 11.0. The van der Waals surface area contributed by atoms with E-state index in [4.69, 9.17) is 10.7 Å². The van der Waals surface area contributed by atoms with Gasteiger partial charge in [-0.3, -0.25) is 4.79 Å². The fourth-order valence-corrected chi connectivity index (χ4v) is 1.42. The van der Waals surface area contributed by atoms with Crippen LogP contribution in [0.4, 0.5) is 0 Å². The summed E-state index contributed by atoms with van der Waals surface area (Å²) in [6.45, 7) is 3.25. The van der Waals surface area contributed by atoms with E-state index < -0.39 is 21.2 Å². The smallest absolute Gasteiger partial charge is 0.324 e. The minimum Gasteiger partial charge on any atom is -0.465 e. The molecule has 13 heavy (non-hydrogen) atoms. The molecule has 0 saturated heterocycles. The molecule has 0 bridgehead atoms. The summed E-state index contributed by atoms with van der Waals surface area (Å²) in [6.07, 6.45) is 0. The van der Waals surface area contributed by atoms with Gasteiger partial charge in [0.15, 0.2) is 0 Å². The van der Waals surface area contributed by atoms with Crippen molar-refractivity contribution in [3.63, 3.8) is 0 Å². The Morgan fingerprint density at radius 3 is 2.38 bits per heavy atom. The van der Waals surface area contributed by atoms with Gasteiger partial charge in [-0.15, -0.1) is 0 Å². The molecule has 0 rings (SSSR count). The minimum atomic E-state index is -3.86. The predicted octanol–water partition coefficient (Wildman–Crippen LogP) is 0.353. The molecule has 5 nitrogen and oxygen atoms in total. The van der Waals surface area contributed by atoms with Gasteiger partial charge in [0.25, 0.3) is 9.24 Å². The number of ether oxygens (including phenoxy) is 1. The molecule has 0 aliphatic carbocycles. The number of esters is 1. The highest BCUT2D eigenvalue weighted by molar-refractivity contribution is 8.11. The van der Waals surface area contributed by atoms with Crippen molar-refractivity contribution < 1.29 is 17.9 Å². The Hall–Kier alpha value is -0.330. The van der Waals surface area contributed by atoms with Crippen LogP contribution in [0.15, 0.2) is 0 Å². The first kappa shape index (κ1) is 12.7. The van der Waals surface area contributed by atoms with Crippen LogP contribution in [0.1, 0.15) is 13.8 Å². The molecule has 7 heteroatoms. The van der Waals surface area contributed by atoms with E-state index in [2.05, 4.69) is 4.74 Å². The van der Waals surface area contributed by atoms with E-state index in [1.807, 2.05) is 0 Å². The fraction of sp³-hybridized carbons (Fsp3) is 0.833. The molecular formula is C6H12ClNO4S. The molecule has 0 heterocycles. The number of hydrogen-bond donors (Lipinski definition) is 0. The van der Waals surface area contributed by atoms with Gasteiger partial charge in [-0.1, -0.05) is 0 Å². The number of halogens is 1. The lowest BCUT2D eigenvalue weighted by Crippen LogP contribution is -2.39. The predicted molar refractivity (Wildman–Crippen MR) is 48.6 cm³/mol. The first-order valence-electron chi connectivity index (χ1n) is 3.65. The van der Waals surface area contributed by atoms with Crippen molar-refractivity contribution in [3.05, 3.63) is 0 Å². The van der Waals surface area contributed by atoms with Crippen molar-refractivity contribution >= 4 is 25.9 Å². The van der Waals surface area contributed by atoms with Crippen LogP contribution in [0, 0.1) is 0 Å². The molecule has 0 amide bonds. The van der Waals surface area contributed by atoms with E-state index >= 15 is 0 Å². The number of carbonyl (C=O) groups is 1. The van der Waals surface area contributed by atoms with Crippen LogP contribution in [0.25, 0.3) is 0 Å². The standard InChI is InChI=1S/C6H12ClNO4S/c1-4-12-6(9)5(2)8(3)13(7,10)11/h5H,4H2,1-3H3/t5-/m0/s1. The van der Waals surface area contributed by atoms with Gasteiger partial charge >= 0.3 is 5.97 Å². The third-order valence-corrected chi connectivity index (χ3v) is 3.17. The summed E-state index contributed by atoms with van der Waals surface area (Å²) in [4.78, 5) is 11.0. The Bertz CT molecular complexity index is 276. The molecule has 0 aliphatic heterocycles. The number of rotatable bonds is 4. The highest BCUT2D eigenvalue weighted by Crippen LogP contribution is 2.09. The lowest BCUT2D eigenvalue weighted by molar-refractivity contribution is -0.146. The first-order valence-corrected chi connectivity index (χ1v) is 5.91. The van der Waals surface area contributed by atoms with Crippen molar-refractivity contribution in [1.29, 1.82) is 0 Å². The SMILES string of the molecule is CCOC(=O)[C@H](C)N(C)S(=O)(=O)Cl. The normalized spacial score (nSPS) is 14.2. The summed E-state index contributed by atoms with van der Waals surface area (Å²) in [5, 5.41) is 0. The second-order valence-electron chi connectivity index (χ2n) is 2.39. The maximum atomic E-state index is 11.0. The van der Waals surface area contributed by atoms with Crippen LogP contribution in [0.2, 0.25) is 0 Å². The van der Waals surface area contributed by atoms with Crippen LogP contribution >= 0.6 is 10.7 Å². The summed E-state index contributed by atoms with van der Waals surface area (Å²) >= 11 is 0. The quantitative estimate of drug-likeness (QED) is 0.516. The molecule has 78 valence electrons. The van der Waals surface area contributed by atoms with Gasteiger partial charge in [-0.25, -0.2) is 0 Å². The maximum Gasteiger partial charge on any atom is 0.324 e. The monoisotopic (exact) mass is 229 g/mol. The van der Waals surface area contributed by atoms with Crippen molar-refractivity contribution in [2.24, 2.45) is 0 Å².